The van der Waals surface area contributed by atoms with E-state index < -0.39 is 34.2 Å². The van der Waals surface area contributed by atoms with Crippen molar-refractivity contribution in [3.05, 3.63) is 137 Å². The number of carbonyl (C=O) groups excluding carboxylic acids is 1. The zero-order valence-electron chi connectivity index (χ0n) is 25.9. The summed E-state index contributed by atoms with van der Waals surface area (Å²) < 4.78 is 11.4. The van der Waals surface area contributed by atoms with Gasteiger partial charge in [0.2, 0.25) is 0 Å². The van der Waals surface area contributed by atoms with Gasteiger partial charge in [0, 0.05) is 12.8 Å². The van der Waals surface area contributed by atoms with Crippen LogP contribution in [0.1, 0.15) is 66.2 Å². The summed E-state index contributed by atoms with van der Waals surface area (Å²) in [6.07, 6.45) is 0.699. The standard InChI is InChI=1S/C37H40N2O5S/c1-35(2,3)44-34(42)39-31-25-26-15-13-22-30(33(40)41)32(26)43-36(31,38)23-14-24-45-37(27-16-7-4-8-17-27,28-18-9-5-10-19-28)29-20-11-6-12-21-29/h4-13,15-22,31H,14,23-25,38H2,1-3H3,(H,39,42)(H,40,41)/t31?,36-/m1/s1. The van der Waals surface area contributed by atoms with Crippen molar-refractivity contribution >= 4 is 23.8 Å². The number of hydrogen-bond donors (Lipinski definition) is 3. The molecule has 5 rings (SSSR count). The molecule has 0 aliphatic carbocycles. The zero-order chi connectivity index (χ0) is 32.1. The summed E-state index contributed by atoms with van der Waals surface area (Å²) in [4.78, 5) is 25.0. The number of carbonyl (C=O) groups is 2. The number of carboxylic acid groups (broad SMARTS) is 1. The molecule has 0 radical (unpaired) electrons. The first-order valence-corrected chi connectivity index (χ1v) is 16.1. The van der Waals surface area contributed by atoms with Crippen LogP contribution in [0.2, 0.25) is 0 Å². The van der Waals surface area contributed by atoms with Gasteiger partial charge in [-0.2, -0.15) is 0 Å². The zero-order valence-corrected chi connectivity index (χ0v) is 26.7. The number of carboxylic acids is 1. The van der Waals surface area contributed by atoms with Crippen LogP contribution in [-0.4, -0.2) is 40.3 Å². The molecule has 1 heterocycles. The van der Waals surface area contributed by atoms with Crippen LogP contribution < -0.4 is 15.8 Å². The first-order valence-electron chi connectivity index (χ1n) is 15.1. The van der Waals surface area contributed by atoms with Gasteiger partial charge in [-0.15, -0.1) is 11.8 Å². The summed E-state index contributed by atoms with van der Waals surface area (Å²) in [6, 6.07) is 35.7. The molecule has 1 amide bonds. The second-order valence-corrected chi connectivity index (χ2v) is 13.6. The third-order valence-electron chi connectivity index (χ3n) is 7.90. The van der Waals surface area contributed by atoms with Crippen LogP contribution in [0, 0.1) is 0 Å². The second kappa shape index (κ2) is 13.4. The quantitative estimate of drug-likeness (QED) is 0.125. The number of alkyl carbamates (subject to hydrolysis) is 1. The number of amides is 1. The molecule has 4 N–H and O–H groups in total. The van der Waals surface area contributed by atoms with Crippen molar-refractivity contribution in [3.63, 3.8) is 0 Å². The van der Waals surface area contributed by atoms with Crippen molar-refractivity contribution in [1.82, 2.24) is 5.32 Å². The lowest BCUT2D eigenvalue weighted by Gasteiger charge is -2.43. The molecule has 0 aromatic heterocycles. The highest BCUT2D eigenvalue weighted by Gasteiger charge is 2.45. The number of ether oxygens (including phenoxy) is 2. The third-order valence-corrected chi connectivity index (χ3v) is 9.53. The van der Waals surface area contributed by atoms with Gasteiger partial charge in [0.15, 0.2) is 5.72 Å². The maximum atomic E-state index is 12.9. The summed E-state index contributed by atoms with van der Waals surface area (Å²) in [5, 5.41) is 12.8. The van der Waals surface area contributed by atoms with E-state index >= 15 is 0 Å². The SMILES string of the molecule is CC(C)(C)OC(=O)NC1Cc2cccc(C(=O)O)c2O[C@]1(N)CCCSC(c1ccccc1)(c1ccccc1)c1ccccc1. The highest BCUT2D eigenvalue weighted by Crippen LogP contribution is 2.49. The number of fused-ring (bicyclic) bond motifs is 1. The molecule has 8 heteroatoms. The number of thioether (sulfide) groups is 1. The van der Waals surface area contributed by atoms with E-state index in [4.69, 9.17) is 15.2 Å². The van der Waals surface area contributed by atoms with Crippen molar-refractivity contribution < 1.29 is 24.2 Å². The molecule has 0 fully saturated rings. The van der Waals surface area contributed by atoms with Gasteiger partial charge in [-0.25, -0.2) is 9.59 Å². The average Bonchev–Trinajstić information content (AvgIpc) is 3.02. The van der Waals surface area contributed by atoms with Crippen molar-refractivity contribution in [1.29, 1.82) is 0 Å². The molecule has 0 spiro atoms. The smallest absolute Gasteiger partial charge is 0.408 e. The Kier molecular flexibility index (Phi) is 9.56. The van der Waals surface area contributed by atoms with Gasteiger partial charge in [-0.1, -0.05) is 103 Å². The Morgan fingerprint density at radius 3 is 1.91 bits per heavy atom. The first kappa shape index (κ1) is 32.1. The van der Waals surface area contributed by atoms with Crippen LogP contribution in [0.3, 0.4) is 0 Å². The number of nitrogens with two attached hydrogens (primary N) is 1. The van der Waals surface area contributed by atoms with Gasteiger partial charge < -0.3 is 19.9 Å². The summed E-state index contributed by atoms with van der Waals surface area (Å²) in [5.74, 6) is -0.149. The average molecular weight is 625 g/mol. The largest absolute Gasteiger partial charge is 0.478 e. The van der Waals surface area contributed by atoms with Crippen LogP contribution in [0.25, 0.3) is 0 Å². The van der Waals surface area contributed by atoms with E-state index in [9.17, 15) is 14.7 Å². The fraction of sp³-hybridized carbons (Fsp3) is 0.297. The van der Waals surface area contributed by atoms with Crippen LogP contribution in [-0.2, 0) is 15.9 Å². The van der Waals surface area contributed by atoms with Gasteiger partial charge in [0.25, 0.3) is 0 Å². The fourth-order valence-electron chi connectivity index (χ4n) is 5.88. The van der Waals surface area contributed by atoms with Crippen molar-refractivity contribution in [2.75, 3.05) is 5.75 Å². The molecule has 4 aromatic rings. The molecule has 45 heavy (non-hydrogen) atoms. The van der Waals surface area contributed by atoms with Gasteiger partial charge in [-0.3, -0.25) is 5.73 Å². The molecular formula is C37H40N2O5S. The molecule has 234 valence electrons. The second-order valence-electron chi connectivity index (χ2n) is 12.3. The minimum atomic E-state index is -1.37. The minimum absolute atomic E-state index is 0.0451. The number of para-hydroxylation sites is 1. The molecule has 4 aromatic carbocycles. The first-order chi connectivity index (χ1) is 21.5. The Morgan fingerprint density at radius 2 is 1.42 bits per heavy atom. The summed E-state index contributed by atoms with van der Waals surface area (Å²) in [6.45, 7) is 5.39. The van der Waals surface area contributed by atoms with E-state index in [0.717, 1.165) is 16.7 Å². The van der Waals surface area contributed by atoms with Crippen molar-refractivity contribution in [3.8, 4) is 5.75 Å². The number of benzene rings is 4. The van der Waals surface area contributed by atoms with E-state index in [1.165, 1.54) is 6.07 Å². The molecule has 1 aliphatic heterocycles. The van der Waals surface area contributed by atoms with Gasteiger partial charge in [-0.05, 0) is 61.3 Å². The molecule has 2 atom stereocenters. The topological polar surface area (TPSA) is 111 Å². The molecule has 1 aliphatic rings. The molecule has 7 nitrogen and oxygen atoms in total. The van der Waals surface area contributed by atoms with E-state index in [1.807, 2.05) is 30.0 Å². The normalized spacial score (nSPS) is 17.9. The fourth-order valence-corrected chi connectivity index (χ4v) is 7.38. The highest BCUT2D eigenvalue weighted by molar-refractivity contribution is 8.00. The molecule has 1 unspecified atom stereocenters. The summed E-state index contributed by atoms with van der Waals surface area (Å²) >= 11 is 1.81. The predicted molar refractivity (Wildman–Crippen MR) is 179 cm³/mol. The van der Waals surface area contributed by atoms with E-state index in [2.05, 4.69) is 78.1 Å². The van der Waals surface area contributed by atoms with Gasteiger partial charge in [0.1, 0.15) is 16.9 Å². The Balaban J connectivity index is 1.44. The lowest BCUT2D eigenvalue weighted by molar-refractivity contribution is -0.00159. The van der Waals surface area contributed by atoms with Crippen LogP contribution in [0.15, 0.2) is 109 Å². The summed E-state index contributed by atoms with van der Waals surface area (Å²) in [7, 11) is 0. The summed E-state index contributed by atoms with van der Waals surface area (Å²) in [5.41, 5.74) is 9.12. The maximum Gasteiger partial charge on any atom is 0.408 e. The van der Waals surface area contributed by atoms with E-state index in [0.29, 0.717) is 30.6 Å². The highest BCUT2D eigenvalue weighted by atomic mass is 32.2. The lowest BCUT2D eigenvalue weighted by Crippen LogP contribution is -2.65. The van der Waals surface area contributed by atoms with Crippen molar-refractivity contribution in [2.24, 2.45) is 5.73 Å². The monoisotopic (exact) mass is 624 g/mol. The Labute approximate surface area is 269 Å². The Morgan fingerprint density at radius 1 is 0.889 bits per heavy atom. The Hall–Kier alpha value is -4.27. The van der Waals surface area contributed by atoms with Gasteiger partial charge in [0.05, 0.1) is 10.8 Å². The number of nitrogens with one attached hydrogen (secondary N) is 1. The number of hydrogen-bond acceptors (Lipinski definition) is 6. The van der Waals surface area contributed by atoms with Crippen LogP contribution in [0.4, 0.5) is 4.79 Å². The Bertz CT molecular complexity index is 1510. The molecular weight excluding hydrogens is 584 g/mol. The predicted octanol–water partition coefficient (Wildman–Crippen LogP) is 7.37. The van der Waals surface area contributed by atoms with Crippen LogP contribution in [0.5, 0.6) is 5.75 Å². The molecule has 0 saturated heterocycles. The van der Waals surface area contributed by atoms with E-state index in [1.54, 1.807) is 32.9 Å². The van der Waals surface area contributed by atoms with Crippen molar-refractivity contribution in [2.45, 2.75) is 62.1 Å². The van der Waals surface area contributed by atoms with Crippen LogP contribution >= 0.6 is 11.8 Å². The minimum Gasteiger partial charge on any atom is -0.478 e. The number of aromatic carboxylic acids is 1. The number of rotatable bonds is 10. The maximum absolute atomic E-state index is 12.9. The molecule has 0 bridgehead atoms. The molecule has 0 saturated carbocycles. The van der Waals surface area contributed by atoms with E-state index in [-0.39, 0.29) is 11.3 Å². The lowest BCUT2D eigenvalue weighted by atomic mass is 9.84. The van der Waals surface area contributed by atoms with Gasteiger partial charge >= 0.3 is 12.1 Å². The third kappa shape index (κ3) is 7.18.